The average molecular weight is 471 g/mol. The Hall–Kier alpha value is -2.68. The fraction of sp³-hybridized carbons (Fsp3) is 0.292. The number of ether oxygens (including phenoxy) is 1. The number of methoxy groups -OCH3 is 1. The third-order valence-corrected chi connectivity index (χ3v) is 8.62. The molecule has 0 spiro atoms. The lowest BCUT2D eigenvalue weighted by Crippen LogP contribution is -2.43. The molecule has 0 unspecified atom stereocenters. The molecule has 4 rings (SSSR count). The Morgan fingerprint density at radius 1 is 1.03 bits per heavy atom. The molecule has 1 saturated heterocycles. The van der Waals surface area contributed by atoms with Crippen molar-refractivity contribution in [3.63, 3.8) is 0 Å². The van der Waals surface area contributed by atoms with Crippen molar-refractivity contribution in [2.75, 3.05) is 20.2 Å². The number of carbonyl (C=O) groups excluding carboxylic acids is 1. The third-order valence-electron chi connectivity index (χ3n) is 5.77. The van der Waals surface area contributed by atoms with Gasteiger partial charge in [0, 0.05) is 23.9 Å². The Morgan fingerprint density at radius 3 is 2.31 bits per heavy atom. The van der Waals surface area contributed by atoms with Gasteiger partial charge in [-0.25, -0.2) is 8.42 Å². The van der Waals surface area contributed by atoms with Gasteiger partial charge in [0.2, 0.25) is 15.9 Å². The van der Waals surface area contributed by atoms with Crippen molar-refractivity contribution >= 4 is 27.3 Å². The topological polar surface area (TPSA) is 75.7 Å². The van der Waals surface area contributed by atoms with Gasteiger partial charge in [-0.2, -0.15) is 4.31 Å². The largest absolute Gasteiger partial charge is 0.497 e. The van der Waals surface area contributed by atoms with Crippen molar-refractivity contribution < 1.29 is 17.9 Å². The highest BCUT2D eigenvalue weighted by atomic mass is 32.2. The van der Waals surface area contributed by atoms with Crippen LogP contribution < -0.4 is 10.1 Å². The maximum absolute atomic E-state index is 13.1. The fourth-order valence-electron chi connectivity index (χ4n) is 3.93. The average Bonchev–Trinajstić information content (AvgIpc) is 3.38. The van der Waals surface area contributed by atoms with Gasteiger partial charge in [-0.15, -0.1) is 11.3 Å². The van der Waals surface area contributed by atoms with Crippen LogP contribution >= 0.6 is 11.3 Å². The predicted octanol–water partition coefficient (Wildman–Crippen LogP) is 4.06. The molecule has 1 aliphatic heterocycles. The fourth-order valence-corrected chi connectivity index (χ4v) is 6.21. The van der Waals surface area contributed by atoms with Gasteiger partial charge in [0.25, 0.3) is 0 Å². The van der Waals surface area contributed by atoms with E-state index in [1.807, 2.05) is 47.8 Å². The van der Waals surface area contributed by atoms with Crippen LogP contribution in [0.4, 0.5) is 0 Å². The van der Waals surface area contributed by atoms with Crippen molar-refractivity contribution in [2.45, 2.75) is 23.8 Å². The molecule has 1 aromatic heterocycles. The standard InChI is InChI=1S/C24H26N2O4S2/c1-30-20-9-11-21(12-10-20)32(28,29)26-15-13-19(14-16-26)24(27)25-23(22-8-5-17-31-22)18-6-3-2-4-7-18/h2-12,17,19,23H,13-16H2,1H3,(H,25,27)/t23-/m1/s1. The maximum Gasteiger partial charge on any atom is 0.243 e. The minimum atomic E-state index is -3.59. The maximum atomic E-state index is 13.1. The lowest BCUT2D eigenvalue weighted by Gasteiger charge is -2.31. The van der Waals surface area contributed by atoms with E-state index >= 15 is 0 Å². The Balaban J connectivity index is 1.41. The van der Waals surface area contributed by atoms with Crippen LogP contribution in [-0.4, -0.2) is 38.8 Å². The number of rotatable bonds is 7. The molecule has 2 heterocycles. The number of nitrogens with zero attached hydrogens (tertiary/aromatic N) is 1. The zero-order valence-electron chi connectivity index (χ0n) is 17.8. The number of piperidine rings is 1. The minimum absolute atomic E-state index is 0.0336. The molecule has 32 heavy (non-hydrogen) atoms. The summed E-state index contributed by atoms with van der Waals surface area (Å²) in [5.41, 5.74) is 1.03. The molecule has 1 aliphatic rings. The molecule has 1 N–H and O–H groups in total. The first kappa shape index (κ1) is 22.5. The number of sulfonamides is 1. The Kier molecular flexibility index (Phi) is 6.93. The summed E-state index contributed by atoms with van der Waals surface area (Å²) in [4.78, 5) is 14.4. The second-order valence-corrected chi connectivity index (χ2v) is 10.6. The van der Waals surface area contributed by atoms with Gasteiger partial charge in [0.15, 0.2) is 0 Å². The third kappa shape index (κ3) is 4.87. The van der Waals surface area contributed by atoms with Gasteiger partial charge in [-0.05, 0) is 54.1 Å². The Labute approximate surface area is 192 Å². The summed E-state index contributed by atoms with van der Waals surface area (Å²) in [7, 11) is -2.05. The Morgan fingerprint density at radius 2 is 1.72 bits per heavy atom. The molecule has 0 radical (unpaired) electrons. The smallest absolute Gasteiger partial charge is 0.243 e. The second kappa shape index (κ2) is 9.85. The van der Waals surface area contributed by atoms with Crippen molar-refractivity contribution in [2.24, 2.45) is 5.92 Å². The van der Waals surface area contributed by atoms with E-state index in [-0.39, 0.29) is 22.8 Å². The van der Waals surface area contributed by atoms with Crippen LogP contribution in [0.2, 0.25) is 0 Å². The second-order valence-electron chi connectivity index (χ2n) is 7.72. The number of carbonyl (C=O) groups is 1. The first-order valence-corrected chi connectivity index (χ1v) is 12.8. The molecule has 168 valence electrons. The summed E-state index contributed by atoms with van der Waals surface area (Å²) in [5, 5.41) is 5.19. The quantitative estimate of drug-likeness (QED) is 0.565. The summed E-state index contributed by atoms with van der Waals surface area (Å²) < 4.78 is 32.5. The molecule has 1 atom stereocenters. The highest BCUT2D eigenvalue weighted by molar-refractivity contribution is 7.89. The molecule has 8 heteroatoms. The van der Waals surface area contributed by atoms with Crippen LogP contribution in [-0.2, 0) is 14.8 Å². The summed E-state index contributed by atoms with van der Waals surface area (Å²) in [6.45, 7) is 0.642. The molecule has 2 aromatic carbocycles. The highest BCUT2D eigenvalue weighted by Gasteiger charge is 2.33. The van der Waals surface area contributed by atoms with Gasteiger partial charge in [0.1, 0.15) is 5.75 Å². The number of amides is 1. The summed E-state index contributed by atoms with van der Waals surface area (Å²) in [5.74, 6) is 0.357. The van der Waals surface area contributed by atoms with E-state index in [0.717, 1.165) is 10.4 Å². The van der Waals surface area contributed by atoms with Crippen LogP contribution in [0.15, 0.2) is 77.0 Å². The monoisotopic (exact) mass is 470 g/mol. The van der Waals surface area contributed by atoms with E-state index in [9.17, 15) is 13.2 Å². The molecule has 0 saturated carbocycles. The van der Waals surface area contributed by atoms with E-state index in [4.69, 9.17) is 4.74 Å². The van der Waals surface area contributed by atoms with Crippen LogP contribution in [0.3, 0.4) is 0 Å². The van der Waals surface area contributed by atoms with Crippen molar-refractivity contribution in [3.05, 3.63) is 82.6 Å². The van der Waals surface area contributed by atoms with Crippen LogP contribution in [0.5, 0.6) is 5.75 Å². The SMILES string of the molecule is COc1ccc(S(=O)(=O)N2CCC(C(=O)N[C@H](c3ccccc3)c3cccs3)CC2)cc1. The zero-order valence-corrected chi connectivity index (χ0v) is 19.4. The van der Waals surface area contributed by atoms with Crippen LogP contribution in [0.25, 0.3) is 0 Å². The number of hydrogen-bond acceptors (Lipinski definition) is 5. The lowest BCUT2D eigenvalue weighted by molar-refractivity contribution is -0.126. The van der Waals surface area contributed by atoms with Gasteiger partial charge < -0.3 is 10.1 Å². The summed E-state index contributed by atoms with van der Waals surface area (Å²) in [6, 6.07) is 20.1. The van der Waals surface area contributed by atoms with E-state index in [1.165, 1.54) is 4.31 Å². The van der Waals surface area contributed by atoms with Crippen molar-refractivity contribution in [1.82, 2.24) is 9.62 Å². The molecule has 6 nitrogen and oxygen atoms in total. The normalized spacial score (nSPS) is 16.4. The van der Waals surface area contributed by atoms with E-state index < -0.39 is 10.0 Å². The van der Waals surface area contributed by atoms with Crippen LogP contribution in [0, 0.1) is 5.92 Å². The van der Waals surface area contributed by atoms with E-state index in [2.05, 4.69) is 5.32 Å². The summed E-state index contributed by atoms with van der Waals surface area (Å²) in [6.07, 6.45) is 0.986. The first-order valence-electron chi connectivity index (χ1n) is 10.5. The summed E-state index contributed by atoms with van der Waals surface area (Å²) >= 11 is 1.61. The molecular formula is C24H26N2O4S2. The molecule has 3 aromatic rings. The minimum Gasteiger partial charge on any atom is -0.497 e. The van der Waals surface area contributed by atoms with Crippen LogP contribution in [0.1, 0.15) is 29.3 Å². The van der Waals surface area contributed by atoms with E-state index in [0.29, 0.717) is 31.7 Å². The molecule has 1 fully saturated rings. The molecular weight excluding hydrogens is 444 g/mol. The predicted molar refractivity (Wildman–Crippen MR) is 125 cm³/mol. The van der Waals surface area contributed by atoms with Gasteiger partial charge >= 0.3 is 0 Å². The number of benzene rings is 2. The van der Waals surface area contributed by atoms with Crippen molar-refractivity contribution in [3.8, 4) is 5.75 Å². The van der Waals surface area contributed by atoms with Gasteiger partial charge in [-0.1, -0.05) is 36.4 Å². The van der Waals surface area contributed by atoms with Crippen molar-refractivity contribution in [1.29, 1.82) is 0 Å². The molecule has 1 amide bonds. The zero-order chi connectivity index (χ0) is 22.6. The van der Waals surface area contributed by atoms with Gasteiger partial charge in [0.05, 0.1) is 18.0 Å². The van der Waals surface area contributed by atoms with Gasteiger partial charge in [-0.3, -0.25) is 4.79 Å². The molecule has 0 bridgehead atoms. The lowest BCUT2D eigenvalue weighted by atomic mass is 9.96. The highest BCUT2D eigenvalue weighted by Crippen LogP contribution is 2.29. The number of thiophene rings is 1. The molecule has 0 aliphatic carbocycles. The van der Waals surface area contributed by atoms with E-state index in [1.54, 1.807) is 42.7 Å². The number of hydrogen-bond donors (Lipinski definition) is 1. The number of nitrogens with one attached hydrogen (secondary N) is 1. The first-order chi connectivity index (χ1) is 15.5. The Bertz CT molecular complexity index is 1120.